The van der Waals surface area contributed by atoms with Crippen LogP contribution in [-0.4, -0.2) is 26.2 Å². The summed E-state index contributed by atoms with van der Waals surface area (Å²) < 4.78 is 59.6. The molecule has 0 bridgehead atoms. The van der Waals surface area contributed by atoms with Gasteiger partial charge in [0.2, 0.25) is 0 Å². The van der Waals surface area contributed by atoms with Crippen LogP contribution in [0.4, 0.5) is 13.2 Å². The van der Waals surface area contributed by atoms with Gasteiger partial charge >= 0.3 is 6.18 Å². The summed E-state index contributed by atoms with van der Waals surface area (Å²) in [7, 11) is 1.57. The summed E-state index contributed by atoms with van der Waals surface area (Å²) in [5, 5.41) is 4.11. The normalized spacial score (nSPS) is 12.1. The van der Waals surface area contributed by atoms with Gasteiger partial charge < -0.3 is 25.5 Å². The van der Waals surface area contributed by atoms with E-state index < -0.39 is 11.1 Å². The summed E-state index contributed by atoms with van der Waals surface area (Å²) in [5.74, 6) is 12.3. The minimum atomic E-state index is -4.49. The van der Waals surface area contributed by atoms with Crippen molar-refractivity contribution in [2.75, 3.05) is 20.3 Å². The molecule has 0 unspecified atom stereocenters. The van der Waals surface area contributed by atoms with Crippen LogP contribution in [0.5, 0.6) is 11.5 Å². The van der Waals surface area contributed by atoms with E-state index in [0.29, 0.717) is 64.6 Å². The fourth-order valence-corrected chi connectivity index (χ4v) is 5.37. The van der Waals surface area contributed by atoms with Gasteiger partial charge in [-0.1, -0.05) is 24.3 Å². The van der Waals surface area contributed by atoms with Crippen molar-refractivity contribution in [1.82, 2.24) is 5.43 Å². The number of nitrogens with zero attached hydrogens (tertiary/aromatic N) is 1. The van der Waals surface area contributed by atoms with Gasteiger partial charge in [-0.2, -0.15) is 18.3 Å². The third-order valence-electron chi connectivity index (χ3n) is 6.34. The summed E-state index contributed by atoms with van der Waals surface area (Å²) in [5.41, 5.74) is 5.64. The molecule has 0 aliphatic rings. The predicted octanol–water partition coefficient (Wildman–Crippen LogP) is 6.17. The summed E-state index contributed by atoms with van der Waals surface area (Å²) in [6.45, 7) is 2.76. The van der Waals surface area contributed by atoms with Gasteiger partial charge in [-0.25, -0.2) is 5.84 Å². The predicted molar refractivity (Wildman–Crippen MR) is 152 cm³/mol. The van der Waals surface area contributed by atoms with Crippen LogP contribution in [0.3, 0.4) is 0 Å². The third kappa shape index (κ3) is 7.04. The van der Waals surface area contributed by atoms with E-state index in [0.717, 1.165) is 22.5 Å². The number of fused-ring (bicyclic) bond motifs is 1. The van der Waals surface area contributed by atoms with Crippen molar-refractivity contribution >= 4 is 27.3 Å². The van der Waals surface area contributed by atoms with Crippen LogP contribution in [0.25, 0.3) is 21.2 Å². The number of aryl methyl sites for hydroxylation is 2. The molecule has 7 nitrogen and oxygen atoms in total. The summed E-state index contributed by atoms with van der Waals surface area (Å²) >= 11 is 0.748. The van der Waals surface area contributed by atoms with E-state index in [4.69, 9.17) is 25.9 Å². The molecule has 212 valence electrons. The number of ether oxygens (including phenoxy) is 3. The number of rotatable bonds is 11. The van der Waals surface area contributed by atoms with Crippen LogP contribution < -0.4 is 26.6 Å². The van der Waals surface area contributed by atoms with E-state index in [1.807, 2.05) is 24.3 Å². The van der Waals surface area contributed by atoms with Gasteiger partial charge in [0.1, 0.15) is 35.4 Å². The standard InChI is InChI=1S/C29H31F3N4O3S/c1-18-15-22(38-14-13-37-2)9-10-23(18)27-24-16-20(5-11-25(24)40-28(27)29(30,31)32)17-39-21-7-3-19(4-8-21)6-12-26(35-33)36-34/h3-5,7-11,15-16H,6,12-14,17,33-34H2,1-2H3,(H,35,36). The number of alkyl halides is 3. The first-order valence-electron chi connectivity index (χ1n) is 12.5. The second-order valence-corrected chi connectivity index (χ2v) is 10.2. The van der Waals surface area contributed by atoms with E-state index in [9.17, 15) is 13.2 Å². The molecule has 4 rings (SSSR count). The number of hydrazine groups is 1. The minimum absolute atomic E-state index is 0.173. The second-order valence-electron chi connectivity index (χ2n) is 9.11. The lowest BCUT2D eigenvalue weighted by molar-refractivity contribution is -0.133. The van der Waals surface area contributed by atoms with Crippen LogP contribution in [0.2, 0.25) is 0 Å². The molecule has 11 heteroatoms. The maximum absolute atomic E-state index is 14.2. The van der Waals surface area contributed by atoms with Gasteiger partial charge in [-0.15, -0.1) is 11.3 Å². The number of hydrogen-bond donors (Lipinski definition) is 3. The smallest absolute Gasteiger partial charge is 0.426 e. The van der Waals surface area contributed by atoms with Gasteiger partial charge in [-0.3, -0.25) is 0 Å². The first-order valence-corrected chi connectivity index (χ1v) is 13.4. The topological polar surface area (TPSA) is 104 Å². The highest BCUT2D eigenvalue weighted by molar-refractivity contribution is 7.19. The van der Waals surface area contributed by atoms with E-state index in [2.05, 4.69) is 10.5 Å². The van der Waals surface area contributed by atoms with Crippen molar-refractivity contribution in [3.05, 3.63) is 82.2 Å². The largest absolute Gasteiger partial charge is 0.491 e. The molecule has 1 aromatic heterocycles. The Morgan fingerprint density at radius 1 is 0.950 bits per heavy atom. The van der Waals surface area contributed by atoms with Crippen LogP contribution in [0.1, 0.15) is 28.0 Å². The summed E-state index contributed by atoms with van der Waals surface area (Å²) in [4.78, 5) is -0.625. The first kappa shape index (κ1) is 29.2. The lowest BCUT2D eigenvalue weighted by atomic mass is 9.96. The number of thiophene rings is 1. The Bertz CT molecular complexity index is 1470. The number of benzene rings is 3. The third-order valence-corrected chi connectivity index (χ3v) is 7.55. The minimum Gasteiger partial charge on any atom is -0.491 e. The van der Waals surface area contributed by atoms with Gasteiger partial charge in [-0.05, 0) is 72.0 Å². The first-order chi connectivity index (χ1) is 19.2. The molecule has 0 saturated carbocycles. The van der Waals surface area contributed by atoms with Gasteiger partial charge in [0.05, 0.1) is 6.61 Å². The fraction of sp³-hybridized carbons (Fsp3) is 0.276. The van der Waals surface area contributed by atoms with Crippen LogP contribution in [0.15, 0.2) is 65.8 Å². The van der Waals surface area contributed by atoms with Crippen molar-refractivity contribution in [2.45, 2.75) is 32.5 Å². The van der Waals surface area contributed by atoms with Crippen LogP contribution in [0, 0.1) is 6.92 Å². The monoisotopic (exact) mass is 572 g/mol. The van der Waals surface area contributed by atoms with Gasteiger partial charge in [0.15, 0.2) is 0 Å². The number of hydrazone groups is 1. The quantitative estimate of drug-likeness (QED) is 0.0653. The molecule has 0 saturated heterocycles. The lowest BCUT2D eigenvalue weighted by Gasteiger charge is -2.13. The highest BCUT2D eigenvalue weighted by Crippen LogP contribution is 2.48. The molecular weight excluding hydrogens is 541 g/mol. The number of hydrogen-bond acceptors (Lipinski definition) is 7. The van der Waals surface area contributed by atoms with Crippen molar-refractivity contribution in [1.29, 1.82) is 0 Å². The van der Waals surface area contributed by atoms with E-state index in [1.54, 1.807) is 50.4 Å². The van der Waals surface area contributed by atoms with E-state index >= 15 is 0 Å². The molecule has 0 spiro atoms. The number of halogens is 3. The lowest BCUT2D eigenvalue weighted by Crippen LogP contribution is -2.31. The van der Waals surface area contributed by atoms with Crippen molar-refractivity contribution < 1.29 is 27.4 Å². The molecule has 1 heterocycles. The van der Waals surface area contributed by atoms with Crippen molar-refractivity contribution in [3.8, 4) is 22.6 Å². The molecule has 0 atom stereocenters. The molecule has 0 radical (unpaired) electrons. The Kier molecular flexibility index (Phi) is 9.51. The zero-order chi connectivity index (χ0) is 28.7. The molecule has 3 aromatic carbocycles. The highest BCUT2D eigenvalue weighted by Gasteiger charge is 2.37. The molecule has 0 aliphatic heterocycles. The fourth-order valence-electron chi connectivity index (χ4n) is 4.31. The summed E-state index contributed by atoms with van der Waals surface area (Å²) in [6.07, 6.45) is -3.23. The Morgan fingerprint density at radius 3 is 2.33 bits per heavy atom. The number of methoxy groups -OCH3 is 1. The summed E-state index contributed by atoms with van der Waals surface area (Å²) in [6, 6.07) is 18.0. The Hall–Kier alpha value is -3.80. The van der Waals surface area contributed by atoms with E-state index in [1.165, 1.54) is 0 Å². The molecule has 0 aliphatic carbocycles. The molecule has 0 fully saturated rings. The average Bonchev–Trinajstić information content (AvgIpc) is 3.33. The number of nitrogens with two attached hydrogens (primary N) is 2. The van der Waals surface area contributed by atoms with Crippen molar-refractivity contribution in [3.63, 3.8) is 0 Å². The van der Waals surface area contributed by atoms with Gasteiger partial charge in [0, 0.05) is 29.2 Å². The Balaban J connectivity index is 1.57. The Morgan fingerprint density at radius 2 is 1.68 bits per heavy atom. The molecular formula is C29H31F3N4O3S. The second kappa shape index (κ2) is 13.0. The average molecular weight is 573 g/mol. The molecule has 0 amide bonds. The Labute approximate surface area is 234 Å². The maximum Gasteiger partial charge on any atom is 0.426 e. The van der Waals surface area contributed by atoms with Crippen LogP contribution in [-0.2, 0) is 23.9 Å². The van der Waals surface area contributed by atoms with Gasteiger partial charge in [0.25, 0.3) is 0 Å². The van der Waals surface area contributed by atoms with E-state index in [-0.39, 0.29) is 12.2 Å². The zero-order valence-electron chi connectivity index (χ0n) is 22.2. The number of nitrogens with one attached hydrogen (secondary N) is 1. The SMILES string of the molecule is COCCOc1ccc(-c2c(C(F)(F)F)sc3ccc(COc4ccc(CC/C(=N/N)NN)cc4)cc23)c(C)c1. The molecule has 5 N–H and O–H groups in total. The highest BCUT2D eigenvalue weighted by atomic mass is 32.1. The zero-order valence-corrected chi connectivity index (χ0v) is 23.0. The van der Waals surface area contributed by atoms with Crippen LogP contribution >= 0.6 is 11.3 Å². The molecule has 4 aromatic rings. The maximum atomic E-state index is 14.2. The number of amidine groups is 1. The molecule has 40 heavy (non-hydrogen) atoms. The van der Waals surface area contributed by atoms with Crippen molar-refractivity contribution in [2.24, 2.45) is 16.8 Å².